The van der Waals surface area contributed by atoms with Crippen molar-refractivity contribution in [3.05, 3.63) is 127 Å². The summed E-state index contributed by atoms with van der Waals surface area (Å²) in [6.07, 6.45) is 0.690. The Labute approximate surface area is 385 Å². The first kappa shape index (κ1) is 44.2. The summed E-state index contributed by atoms with van der Waals surface area (Å²) in [6, 6.07) is 16.7. The number of phenolic OH excluding ortho intramolecular Hbond substituents is 2. The summed E-state index contributed by atoms with van der Waals surface area (Å²) in [4.78, 5) is 93.1. The van der Waals surface area contributed by atoms with Crippen LogP contribution in [0.3, 0.4) is 0 Å². The van der Waals surface area contributed by atoms with Crippen molar-refractivity contribution >= 4 is 81.7 Å². The van der Waals surface area contributed by atoms with E-state index in [1.54, 1.807) is 37.3 Å². The highest BCUT2D eigenvalue weighted by atomic mass is 35.5. The lowest BCUT2D eigenvalue weighted by molar-refractivity contribution is -0.157. The summed E-state index contributed by atoms with van der Waals surface area (Å²) in [5.41, 5.74) is -0.926. The zero-order valence-electron chi connectivity index (χ0n) is 34.2. The van der Waals surface area contributed by atoms with Crippen molar-refractivity contribution in [1.29, 1.82) is 0 Å². The lowest BCUT2D eigenvalue weighted by Gasteiger charge is -2.49. The molecule has 0 bridgehead atoms. The van der Waals surface area contributed by atoms with Crippen molar-refractivity contribution < 1.29 is 67.5 Å². The Morgan fingerprint density at radius 1 is 0.955 bits per heavy atom. The molecule has 1 fully saturated rings. The molecule has 5 heterocycles. The van der Waals surface area contributed by atoms with Crippen LogP contribution < -0.4 is 25.7 Å². The second-order valence-corrected chi connectivity index (χ2v) is 17.7. The number of esters is 3. The number of phenols is 2. The fourth-order valence-electron chi connectivity index (χ4n) is 8.07. The topological polar surface area (TPSA) is 258 Å². The number of fused-ring (bicyclic) bond motifs is 8. The lowest BCUT2D eigenvalue weighted by atomic mass is 9.77. The molecule has 0 saturated carbocycles. The molecule has 338 valence electrons. The van der Waals surface area contributed by atoms with E-state index in [9.17, 15) is 48.9 Å². The van der Waals surface area contributed by atoms with Gasteiger partial charge in [0.05, 0.1) is 17.1 Å². The minimum Gasteiger partial charge on any atom is -0.508 e. The Kier molecular flexibility index (Phi) is 11.7. The Morgan fingerprint density at radius 2 is 1.67 bits per heavy atom. The molecular formula is C45H34ClN3O15S2. The van der Waals surface area contributed by atoms with E-state index in [4.69, 9.17) is 35.0 Å². The summed E-state index contributed by atoms with van der Waals surface area (Å²) >= 11 is 8.77. The third-order valence-corrected chi connectivity index (χ3v) is 13.7. The van der Waals surface area contributed by atoms with E-state index < -0.39 is 77.2 Å². The molecule has 0 radical (unpaired) electrons. The molecular weight excluding hydrogens is 922 g/mol. The van der Waals surface area contributed by atoms with Gasteiger partial charge in [0.25, 0.3) is 11.8 Å². The predicted octanol–water partition coefficient (Wildman–Crippen LogP) is 4.80. The van der Waals surface area contributed by atoms with Crippen LogP contribution in [0.25, 0.3) is 11.0 Å². The molecule has 21 heteroatoms. The van der Waals surface area contributed by atoms with E-state index in [1.165, 1.54) is 70.9 Å². The molecule has 4 aliphatic rings. The molecule has 1 spiro atoms. The highest BCUT2D eigenvalue weighted by molar-refractivity contribution is 8.01. The van der Waals surface area contributed by atoms with Gasteiger partial charge in [-0.15, -0.1) is 23.5 Å². The number of nitrogens with one attached hydrogen (secondary N) is 2. The summed E-state index contributed by atoms with van der Waals surface area (Å²) < 4.78 is 27.6. The van der Waals surface area contributed by atoms with Gasteiger partial charge in [0.1, 0.15) is 51.3 Å². The third kappa shape index (κ3) is 7.74. The number of benzene rings is 4. The third-order valence-electron chi connectivity index (χ3n) is 11.0. The van der Waals surface area contributed by atoms with E-state index in [1.807, 2.05) is 0 Å². The van der Waals surface area contributed by atoms with Crippen LogP contribution in [0.2, 0.25) is 5.02 Å². The van der Waals surface area contributed by atoms with Gasteiger partial charge >= 0.3 is 23.5 Å². The maximum atomic E-state index is 13.7. The average molecular weight is 956 g/mol. The van der Waals surface area contributed by atoms with Crippen LogP contribution in [-0.2, 0) is 34.3 Å². The molecule has 2 unspecified atom stereocenters. The van der Waals surface area contributed by atoms with Gasteiger partial charge in [-0.05, 0) is 60.5 Å². The number of thioether (sulfide) groups is 2. The standard InChI is InChI=1S/C45H34ClN3O15S2/c1-2-3-36(54)62-34-15-31-20(11-30(34)46)10-26(42(57)63-31)39(55)47-16-35(53)48-37-40(56)49-38(44(59)60-19-50)21(18-66-41(37)49)17-65-24-6-9-27-25(14-24)43(58)64-45(27)28-7-4-22(51)12-32(28)61-33-13-23(52)5-8-29(33)45/h4-15,37,41,50-52H,2-3,16-19H2,1H3,(H,47,55)(H,48,53). The predicted molar refractivity (Wildman–Crippen MR) is 234 cm³/mol. The van der Waals surface area contributed by atoms with Gasteiger partial charge < -0.3 is 49.3 Å². The summed E-state index contributed by atoms with van der Waals surface area (Å²) in [5.74, 6) is -3.91. The highest BCUT2D eigenvalue weighted by Gasteiger charge is 2.55. The number of aromatic hydroxyl groups is 2. The largest absolute Gasteiger partial charge is 0.508 e. The van der Waals surface area contributed by atoms with Crippen molar-refractivity contribution in [3.8, 4) is 28.7 Å². The number of hydrogen-bond donors (Lipinski definition) is 5. The van der Waals surface area contributed by atoms with E-state index in [-0.39, 0.29) is 73.9 Å². The highest BCUT2D eigenvalue weighted by Crippen LogP contribution is 2.57. The van der Waals surface area contributed by atoms with Crippen LogP contribution in [-0.4, -0.2) is 92.1 Å². The first-order valence-corrected chi connectivity index (χ1v) is 22.5. The number of amides is 3. The van der Waals surface area contributed by atoms with Crippen molar-refractivity contribution in [2.75, 3.05) is 24.8 Å². The number of halogens is 1. The molecule has 66 heavy (non-hydrogen) atoms. The Morgan fingerprint density at radius 3 is 2.36 bits per heavy atom. The maximum absolute atomic E-state index is 13.7. The normalized spacial score (nSPS) is 17.4. The summed E-state index contributed by atoms with van der Waals surface area (Å²) in [7, 11) is 0. The Balaban J connectivity index is 0.877. The van der Waals surface area contributed by atoms with Crippen molar-refractivity contribution in [3.63, 3.8) is 0 Å². The number of rotatable bonds is 12. The molecule has 0 aliphatic carbocycles. The van der Waals surface area contributed by atoms with Crippen molar-refractivity contribution in [2.24, 2.45) is 0 Å². The van der Waals surface area contributed by atoms with Crippen LogP contribution in [0.15, 0.2) is 98.2 Å². The van der Waals surface area contributed by atoms with Crippen LogP contribution in [0.4, 0.5) is 0 Å². The van der Waals surface area contributed by atoms with Gasteiger partial charge in [0.2, 0.25) is 5.91 Å². The molecule has 1 saturated heterocycles. The number of aliphatic hydroxyl groups is 1. The zero-order valence-corrected chi connectivity index (χ0v) is 36.6. The fraction of sp³-hybridized carbons (Fsp3) is 0.222. The number of hydrogen-bond acceptors (Lipinski definition) is 17. The molecule has 2 atom stereocenters. The molecule has 3 amide bonds. The monoisotopic (exact) mass is 955 g/mol. The summed E-state index contributed by atoms with van der Waals surface area (Å²) in [6.45, 7) is 0.190. The van der Waals surface area contributed by atoms with Gasteiger partial charge in [0, 0.05) is 63.1 Å². The molecule has 5 N–H and O–H groups in total. The van der Waals surface area contributed by atoms with Crippen LogP contribution in [0.5, 0.6) is 28.7 Å². The van der Waals surface area contributed by atoms with Gasteiger partial charge in [-0.3, -0.25) is 24.1 Å². The molecule has 5 aromatic rings. The van der Waals surface area contributed by atoms with Gasteiger partial charge in [0.15, 0.2) is 18.1 Å². The number of carbonyl (C=O) groups excluding carboxylic acids is 6. The maximum Gasteiger partial charge on any atom is 0.357 e. The number of β-lactam (4-membered cyclic amide) rings is 1. The van der Waals surface area contributed by atoms with Gasteiger partial charge in [-0.25, -0.2) is 14.4 Å². The SMILES string of the molecule is CCCC(=O)Oc1cc2oc(=O)c(C(=O)NCC(=O)NC3C(=O)N4C(C(=O)OCO)=C(CSc5ccc6c(c5)C(=O)OC65c6ccc(O)cc6Oc6cc(O)ccc65)CSC34)cc2cc1Cl. The first-order chi connectivity index (χ1) is 31.7. The first-order valence-electron chi connectivity index (χ1n) is 20.1. The molecule has 1 aromatic heterocycles. The van der Waals surface area contributed by atoms with E-state index in [0.717, 1.165) is 0 Å². The average Bonchev–Trinajstić information content (AvgIpc) is 3.57. The van der Waals surface area contributed by atoms with Crippen molar-refractivity contribution in [2.45, 2.75) is 41.7 Å². The van der Waals surface area contributed by atoms with Gasteiger partial charge in [-0.2, -0.15) is 0 Å². The second kappa shape index (κ2) is 17.4. The van der Waals surface area contributed by atoms with Crippen LogP contribution >= 0.6 is 35.1 Å². The molecule has 18 nitrogen and oxygen atoms in total. The van der Waals surface area contributed by atoms with Crippen LogP contribution in [0, 0.1) is 0 Å². The quantitative estimate of drug-likeness (QED) is 0.0281. The van der Waals surface area contributed by atoms with E-state index in [0.29, 0.717) is 33.6 Å². The Hall–Kier alpha value is -7.00. The summed E-state index contributed by atoms with van der Waals surface area (Å²) in [5, 5.41) is 34.3. The van der Waals surface area contributed by atoms with Gasteiger partial charge in [-0.1, -0.05) is 24.6 Å². The lowest BCUT2D eigenvalue weighted by Crippen LogP contribution is -2.71. The second-order valence-electron chi connectivity index (χ2n) is 15.2. The minimum atomic E-state index is -1.46. The zero-order chi connectivity index (χ0) is 46.6. The molecule has 4 aromatic carbocycles. The van der Waals surface area contributed by atoms with Crippen LogP contribution in [0.1, 0.15) is 57.2 Å². The minimum absolute atomic E-state index is 0.00153. The smallest absolute Gasteiger partial charge is 0.357 e. The number of ether oxygens (including phenoxy) is 4. The number of carbonyl (C=O) groups is 6. The molecule has 9 rings (SSSR count). The number of aliphatic hydroxyl groups excluding tert-OH is 1. The number of nitrogens with zero attached hydrogens (tertiary/aromatic N) is 1. The van der Waals surface area contributed by atoms with E-state index >= 15 is 0 Å². The Bertz CT molecular complexity index is 2990. The van der Waals surface area contributed by atoms with Crippen molar-refractivity contribution in [1.82, 2.24) is 15.5 Å². The molecule has 4 aliphatic heterocycles. The van der Waals surface area contributed by atoms with E-state index in [2.05, 4.69) is 10.6 Å². The fourth-order valence-corrected chi connectivity index (χ4v) is 10.7.